The Morgan fingerprint density at radius 3 is 2.43 bits per heavy atom. The van der Waals surface area contributed by atoms with Crippen LogP contribution in [-0.2, 0) is 11.3 Å². The summed E-state index contributed by atoms with van der Waals surface area (Å²) >= 11 is 0. The van der Waals surface area contributed by atoms with E-state index >= 15 is 0 Å². The van der Waals surface area contributed by atoms with Crippen molar-refractivity contribution in [3.05, 3.63) is 65.5 Å². The van der Waals surface area contributed by atoms with E-state index in [0.29, 0.717) is 17.9 Å². The number of carbonyl (C=O) groups excluding carboxylic acids is 1. The molecule has 0 saturated carbocycles. The zero-order valence-corrected chi connectivity index (χ0v) is 16.9. The maximum Gasteiger partial charge on any atom is 0.237 e. The third kappa shape index (κ3) is 4.60. The highest BCUT2D eigenvalue weighted by molar-refractivity contribution is 5.79. The number of likely N-dealkylation sites (N-methyl/N-ethyl adjacent to an activating group) is 1. The summed E-state index contributed by atoms with van der Waals surface area (Å²) in [5.41, 5.74) is 3.36. The lowest BCUT2D eigenvalue weighted by molar-refractivity contribution is 0.313. The predicted octanol–water partition coefficient (Wildman–Crippen LogP) is 2.46. The van der Waals surface area contributed by atoms with E-state index in [2.05, 4.69) is 49.8 Å². The Balaban J connectivity index is 1.37. The minimum Gasteiger partial charge on any atom is -0.508 e. The largest absolute Gasteiger partial charge is 0.508 e. The van der Waals surface area contributed by atoms with Gasteiger partial charge in [-0.3, -0.25) is 4.79 Å². The maximum absolute atomic E-state index is 11.5. The van der Waals surface area contributed by atoms with Crippen LogP contribution in [0.3, 0.4) is 0 Å². The van der Waals surface area contributed by atoms with E-state index < -0.39 is 6.17 Å². The van der Waals surface area contributed by atoms with Crippen LogP contribution in [0.1, 0.15) is 5.56 Å². The molecule has 0 bridgehead atoms. The first-order valence-electron chi connectivity index (χ1n) is 9.97. The molecule has 1 radical (unpaired) electrons. The van der Waals surface area contributed by atoms with Gasteiger partial charge >= 0.3 is 0 Å². The van der Waals surface area contributed by atoms with Crippen LogP contribution in [0.4, 0.5) is 11.4 Å². The van der Waals surface area contributed by atoms with Crippen LogP contribution >= 0.6 is 0 Å². The molecule has 1 fully saturated rings. The Kier molecular flexibility index (Phi) is 5.94. The van der Waals surface area contributed by atoms with Crippen molar-refractivity contribution < 1.29 is 9.90 Å². The van der Waals surface area contributed by atoms with Gasteiger partial charge < -0.3 is 25.5 Å². The number of nitrogens with zero attached hydrogens (tertiary/aromatic N) is 4. The summed E-state index contributed by atoms with van der Waals surface area (Å²) in [5, 5.41) is 24.0. The van der Waals surface area contributed by atoms with E-state index in [1.54, 1.807) is 24.3 Å². The molecule has 8 heteroatoms. The number of piperazine rings is 1. The number of nitrogens with one attached hydrogen (secondary N) is 2. The second-order valence-corrected chi connectivity index (χ2v) is 7.48. The van der Waals surface area contributed by atoms with E-state index in [4.69, 9.17) is 0 Å². The number of rotatable bonds is 7. The van der Waals surface area contributed by atoms with Crippen LogP contribution in [0.2, 0.25) is 0 Å². The summed E-state index contributed by atoms with van der Waals surface area (Å²) in [6.45, 7) is 4.62. The quantitative estimate of drug-likeness (QED) is 0.655. The molecule has 3 N–H and O–H groups in total. The zero-order valence-electron chi connectivity index (χ0n) is 16.9. The number of hydrogen-bond donors (Lipinski definition) is 3. The second-order valence-electron chi connectivity index (χ2n) is 7.48. The molecular formula is C22H25N6O2. The molecule has 0 aliphatic carbocycles. The van der Waals surface area contributed by atoms with Gasteiger partial charge in [-0.05, 0) is 49.0 Å². The van der Waals surface area contributed by atoms with Gasteiger partial charge in [-0.2, -0.15) is 5.11 Å². The van der Waals surface area contributed by atoms with E-state index in [1.165, 1.54) is 5.69 Å². The minimum atomic E-state index is -0.570. The molecular weight excluding hydrogens is 380 g/mol. The van der Waals surface area contributed by atoms with Gasteiger partial charge in [0.2, 0.25) is 6.29 Å². The van der Waals surface area contributed by atoms with Crippen molar-refractivity contribution >= 4 is 17.7 Å². The smallest absolute Gasteiger partial charge is 0.237 e. The van der Waals surface area contributed by atoms with Gasteiger partial charge in [-0.15, -0.1) is 5.11 Å². The fourth-order valence-corrected chi connectivity index (χ4v) is 3.48. The minimum absolute atomic E-state index is 0.211. The number of phenols is 1. The van der Waals surface area contributed by atoms with Crippen LogP contribution in [0.25, 0.3) is 0 Å². The summed E-state index contributed by atoms with van der Waals surface area (Å²) in [5.74, 6) is 0.618. The molecule has 30 heavy (non-hydrogen) atoms. The molecule has 0 aromatic heterocycles. The molecule has 1 atom stereocenters. The van der Waals surface area contributed by atoms with Gasteiger partial charge in [0, 0.05) is 44.1 Å². The van der Waals surface area contributed by atoms with Gasteiger partial charge in [0.15, 0.2) is 12.0 Å². The van der Waals surface area contributed by atoms with Crippen molar-refractivity contribution in [3.63, 3.8) is 0 Å². The molecule has 155 valence electrons. The van der Waals surface area contributed by atoms with E-state index in [0.717, 1.165) is 37.4 Å². The van der Waals surface area contributed by atoms with Gasteiger partial charge in [0.1, 0.15) is 5.75 Å². The van der Waals surface area contributed by atoms with E-state index in [1.807, 2.05) is 18.4 Å². The summed E-state index contributed by atoms with van der Waals surface area (Å²) in [6.07, 6.45) is 1.39. The van der Waals surface area contributed by atoms with Crippen LogP contribution in [0.15, 0.2) is 70.2 Å². The number of phenolic OH excluding ortho intramolecular Hbond substituents is 1. The summed E-state index contributed by atoms with van der Waals surface area (Å²) < 4.78 is 0. The maximum atomic E-state index is 11.5. The van der Waals surface area contributed by atoms with Crippen LogP contribution in [0.5, 0.6) is 5.75 Å². The molecule has 2 heterocycles. The van der Waals surface area contributed by atoms with Crippen molar-refractivity contribution in [2.75, 3.05) is 43.4 Å². The second kappa shape index (κ2) is 8.96. The highest BCUT2D eigenvalue weighted by atomic mass is 16.3. The van der Waals surface area contributed by atoms with Crippen LogP contribution < -0.4 is 15.5 Å². The molecule has 1 unspecified atom stereocenters. The van der Waals surface area contributed by atoms with E-state index in [9.17, 15) is 9.90 Å². The Morgan fingerprint density at radius 2 is 1.77 bits per heavy atom. The average Bonchev–Trinajstić information content (AvgIpc) is 3.16. The normalized spacial score (nSPS) is 19.2. The number of hydrogen-bond acceptors (Lipinski definition) is 8. The summed E-state index contributed by atoms with van der Waals surface area (Å²) in [7, 11) is 2.14. The monoisotopic (exact) mass is 405 g/mol. The molecule has 2 aromatic carbocycles. The fourth-order valence-electron chi connectivity index (χ4n) is 3.48. The molecule has 8 nitrogen and oxygen atoms in total. The lowest BCUT2D eigenvalue weighted by Gasteiger charge is -2.34. The third-order valence-electron chi connectivity index (χ3n) is 5.35. The van der Waals surface area contributed by atoms with Crippen molar-refractivity contribution in [3.8, 4) is 5.75 Å². The van der Waals surface area contributed by atoms with Crippen molar-refractivity contribution in [2.45, 2.75) is 12.7 Å². The van der Waals surface area contributed by atoms with Crippen molar-refractivity contribution in [1.29, 1.82) is 0 Å². The van der Waals surface area contributed by atoms with Gasteiger partial charge in [0.05, 0.1) is 5.57 Å². The highest BCUT2D eigenvalue weighted by Crippen LogP contribution is 2.24. The lowest BCUT2D eigenvalue weighted by atomic mass is 10.2. The molecule has 2 aliphatic rings. The molecule has 4 rings (SSSR count). The average molecular weight is 405 g/mol. The van der Waals surface area contributed by atoms with Crippen molar-refractivity contribution in [2.24, 2.45) is 10.2 Å². The van der Waals surface area contributed by atoms with Crippen molar-refractivity contribution in [1.82, 2.24) is 10.2 Å². The Hall–Kier alpha value is -3.39. The zero-order chi connectivity index (χ0) is 20.9. The number of anilines is 2. The Morgan fingerprint density at radius 1 is 1.07 bits per heavy atom. The molecule has 2 aliphatic heterocycles. The Bertz CT molecular complexity index is 931. The topological polar surface area (TPSA) is 92.6 Å². The molecule has 0 amide bonds. The summed E-state index contributed by atoms with van der Waals surface area (Å²) in [6, 6.07) is 15.0. The first-order chi connectivity index (χ1) is 14.6. The third-order valence-corrected chi connectivity index (χ3v) is 5.35. The SMILES string of the molecule is CN1CCN(c2ccc(NC3N=NC(NCc4ccc(O)cc4)=C3[C]=O)cc2)CC1. The number of azo groups is 1. The van der Waals surface area contributed by atoms with Crippen LogP contribution in [-0.4, -0.2) is 55.7 Å². The highest BCUT2D eigenvalue weighted by Gasteiger charge is 2.24. The van der Waals surface area contributed by atoms with Gasteiger partial charge in [0.25, 0.3) is 0 Å². The molecule has 0 spiro atoms. The first-order valence-corrected chi connectivity index (χ1v) is 9.97. The number of benzene rings is 2. The summed E-state index contributed by atoms with van der Waals surface area (Å²) in [4.78, 5) is 16.2. The van der Waals surface area contributed by atoms with Gasteiger partial charge in [-0.1, -0.05) is 12.1 Å². The van der Waals surface area contributed by atoms with Crippen LogP contribution in [0, 0.1) is 0 Å². The lowest BCUT2D eigenvalue weighted by Crippen LogP contribution is -2.44. The predicted molar refractivity (Wildman–Crippen MR) is 116 cm³/mol. The molecule has 1 saturated heterocycles. The Labute approximate surface area is 175 Å². The molecule has 2 aromatic rings. The standard InChI is InChI=1S/C22H25N6O2/c1-27-10-12-28(13-11-27)18-6-4-17(5-7-18)24-22-20(15-29)21(25-26-22)23-14-16-2-8-19(30)9-3-16/h2-9,22-24,30H,10-14H2,1H3. The first kappa shape index (κ1) is 19.9. The fraction of sp³-hybridized carbons (Fsp3) is 0.318. The number of aromatic hydroxyl groups is 1. The van der Waals surface area contributed by atoms with Gasteiger partial charge in [-0.25, -0.2) is 0 Å². The van der Waals surface area contributed by atoms with E-state index in [-0.39, 0.29) is 5.75 Å².